The molecule has 1 unspecified atom stereocenters. The molecule has 1 fully saturated rings. The number of hydrogen-bond donors (Lipinski definition) is 1. The summed E-state index contributed by atoms with van der Waals surface area (Å²) in [7, 11) is 0. The molecule has 1 amide bonds. The first-order valence-electron chi connectivity index (χ1n) is 9.25. The van der Waals surface area contributed by atoms with E-state index in [0.29, 0.717) is 29.0 Å². The number of anilines is 1. The maximum atomic E-state index is 12.7. The fourth-order valence-corrected chi connectivity index (χ4v) is 3.80. The van der Waals surface area contributed by atoms with Crippen molar-refractivity contribution in [1.29, 1.82) is 0 Å². The van der Waals surface area contributed by atoms with E-state index in [2.05, 4.69) is 30.5 Å². The summed E-state index contributed by atoms with van der Waals surface area (Å²) in [6.07, 6.45) is 4.76. The van der Waals surface area contributed by atoms with Crippen molar-refractivity contribution in [2.45, 2.75) is 19.4 Å². The van der Waals surface area contributed by atoms with E-state index in [1.807, 2.05) is 18.2 Å². The van der Waals surface area contributed by atoms with Crippen LogP contribution in [0, 0.1) is 5.92 Å². The molecule has 10 heteroatoms. The minimum absolute atomic E-state index is 0.00733. The van der Waals surface area contributed by atoms with Crippen molar-refractivity contribution < 1.29 is 4.79 Å². The molecule has 0 radical (unpaired) electrons. The van der Waals surface area contributed by atoms with Crippen LogP contribution in [0.25, 0.3) is 5.82 Å². The maximum absolute atomic E-state index is 12.7. The van der Waals surface area contributed by atoms with Crippen molar-refractivity contribution in [3.63, 3.8) is 0 Å². The highest BCUT2D eigenvalue weighted by molar-refractivity contribution is 6.35. The van der Waals surface area contributed by atoms with E-state index in [1.54, 1.807) is 23.1 Å². The zero-order valence-corrected chi connectivity index (χ0v) is 17.0. The van der Waals surface area contributed by atoms with Gasteiger partial charge in [-0.1, -0.05) is 29.3 Å². The summed E-state index contributed by atoms with van der Waals surface area (Å²) in [6, 6.07) is 8.99. The van der Waals surface area contributed by atoms with Crippen LogP contribution in [0.5, 0.6) is 0 Å². The highest BCUT2D eigenvalue weighted by atomic mass is 35.5. The summed E-state index contributed by atoms with van der Waals surface area (Å²) in [6.45, 7) is 1.80. The highest BCUT2D eigenvalue weighted by Crippen LogP contribution is 2.23. The van der Waals surface area contributed by atoms with Crippen molar-refractivity contribution in [2.24, 2.45) is 5.92 Å². The fourth-order valence-electron chi connectivity index (χ4n) is 3.33. The number of halogens is 2. The first-order valence-corrected chi connectivity index (χ1v) is 10.0. The van der Waals surface area contributed by atoms with Gasteiger partial charge in [0, 0.05) is 29.7 Å². The van der Waals surface area contributed by atoms with Gasteiger partial charge in [-0.25, -0.2) is 9.67 Å². The molecule has 1 N–H and O–H groups in total. The third-order valence-electron chi connectivity index (χ3n) is 4.87. The van der Waals surface area contributed by atoms with Crippen molar-refractivity contribution in [1.82, 2.24) is 30.3 Å². The Morgan fingerprint density at radius 1 is 1.17 bits per heavy atom. The quantitative estimate of drug-likeness (QED) is 0.667. The second-order valence-electron chi connectivity index (χ2n) is 6.83. The van der Waals surface area contributed by atoms with E-state index in [9.17, 15) is 4.79 Å². The van der Waals surface area contributed by atoms with Crippen molar-refractivity contribution in [2.75, 3.05) is 18.0 Å². The molecule has 150 valence electrons. The predicted octanol–water partition coefficient (Wildman–Crippen LogP) is 2.90. The van der Waals surface area contributed by atoms with Gasteiger partial charge in [-0.3, -0.25) is 4.79 Å². The smallest absolute Gasteiger partial charge is 0.225 e. The maximum Gasteiger partial charge on any atom is 0.225 e. The molecule has 1 aliphatic rings. The lowest BCUT2D eigenvalue weighted by Crippen LogP contribution is -2.43. The Labute approximate surface area is 177 Å². The summed E-state index contributed by atoms with van der Waals surface area (Å²) in [5.74, 6) is 1.23. The third kappa shape index (κ3) is 4.65. The SMILES string of the molecule is O=C(NCc1ccc(Cl)cc1Cl)C1CCCN(c2ccc(-n3cncn3)nn2)C1. The summed E-state index contributed by atoms with van der Waals surface area (Å²) >= 11 is 12.1. The van der Waals surface area contributed by atoms with Crippen LogP contribution in [0.2, 0.25) is 10.0 Å². The van der Waals surface area contributed by atoms with E-state index in [0.717, 1.165) is 30.8 Å². The summed E-state index contributed by atoms with van der Waals surface area (Å²) in [5, 5.41) is 16.6. The van der Waals surface area contributed by atoms with E-state index < -0.39 is 0 Å². The lowest BCUT2D eigenvalue weighted by atomic mass is 9.97. The number of carbonyl (C=O) groups excluding carboxylic acids is 1. The lowest BCUT2D eigenvalue weighted by molar-refractivity contribution is -0.125. The molecule has 1 aromatic carbocycles. The molecule has 0 saturated carbocycles. The average molecular weight is 432 g/mol. The Bertz CT molecular complexity index is 979. The summed E-state index contributed by atoms with van der Waals surface area (Å²) in [4.78, 5) is 18.7. The van der Waals surface area contributed by atoms with Gasteiger partial charge < -0.3 is 10.2 Å². The number of nitrogens with one attached hydrogen (secondary N) is 1. The molecule has 0 bridgehead atoms. The molecule has 1 atom stereocenters. The Kier molecular flexibility index (Phi) is 5.92. The highest BCUT2D eigenvalue weighted by Gasteiger charge is 2.26. The minimum Gasteiger partial charge on any atom is -0.354 e. The van der Waals surface area contributed by atoms with Gasteiger partial charge in [-0.05, 0) is 42.7 Å². The predicted molar refractivity (Wildman–Crippen MR) is 110 cm³/mol. The molecule has 0 spiro atoms. The fraction of sp³-hybridized carbons (Fsp3) is 0.316. The molecule has 2 aromatic heterocycles. The van der Waals surface area contributed by atoms with E-state index in [-0.39, 0.29) is 11.8 Å². The molecule has 3 heterocycles. The number of rotatable bonds is 5. The molecule has 3 aromatic rings. The van der Waals surface area contributed by atoms with Gasteiger partial charge in [0.05, 0.1) is 5.92 Å². The molecule has 8 nitrogen and oxygen atoms in total. The summed E-state index contributed by atoms with van der Waals surface area (Å²) < 4.78 is 1.55. The minimum atomic E-state index is -0.119. The van der Waals surface area contributed by atoms with Crippen molar-refractivity contribution in [3.8, 4) is 5.82 Å². The lowest BCUT2D eigenvalue weighted by Gasteiger charge is -2.32. The number of hydrogen-bond acceptors (Lipinski definition) is 6. The van der Waals surface area contributed by atoms with Crippen molar-refractivity contribution in [3.05, 3.63) is 58.6 Å². The molecular weight excluding hydrogens is 413 g/mol. The second kappa shape index (κ2) is 8.75. The van der Waals surface area contributed by atoms with E-state index in [1.165, 1.54) is 6.33 Å². The first-order chi connectivity index (χ1) is 14.1. The monoisotopic (exact) mass is 431 g/mol. The van der Waals surface area contributed by atoms with Gasteiger partial charge in [0.1, 0.15) is 12.7 Å². The van der Waals surface area contributed by atoms with Gasteiger partial charge in [-0.2, -0.15) is 5.10 Å². The van der Waals surface area contributed by atoms with E-state index in [4.69, 9.17) is 23.2 Å². The second-order valence-corrected chi connectivity index (χ2v) is 7.67. The van der Waals surface area contributed by atoms with Crippen LogP contribution in [0.4, 0.5) is 5.82 Å². The molecule has 0 aliphatic carbocycles. The average Bonchev–Trinajstić information content (AvgIpc) is 3.28. The number of piperidine rings is 1. The van der Waals surface area contributed by atoms with Crippen LogP contribution in [0.15, 0.2) is 43.0 Å². The van der Waals surface area contributed by atoms with Crippen LogP contribution in [0.3, 0.4) is 0 Å². The van der Waals surface area contributed by atoms with Gasteiger partial charge in [0.2, 0.25) is 5.91 Å². The van der Waals surface area contributed by atoms with Crippen LogP contribution in [0.1, 0.15) is 18.4 Å². The number of benzene rings is 1. The van der Waals surface area contributed by atoms with E-state index >= 15 is 0 Å². The zero-order valence-electron chi connectivity index (χ0n) is 15.5. The Hall–Kier alpha value is -2.71. The molecule has 4 rings (SSSR count). The largest absolute Gasteiger partial charge is 0.354 e. The topological polar surface area (TPSA) is 88.8 Å². The number of nitrogens with zero attached hydrogens (tertiary/aromatic N) is 6. The third-order valence-corrected chi connectivity index (χ3v) is 5.46. The van der Waals surface area contributed by atoms with Gasteiger partial charge >= 0.3 is 0 Å². The van der Waals surface area contributed by atoms with Gasteiger partial charge in [0.25, 0.3) is 0 Å². The Morgan fingerprint density at radius 2 is 2.00 bits per heavy atom. The standard InChI is InChI=1S/C19H19Cl2N7O/c20-15-4-3-13(16(21)8-15)9-23-19(29)14-2-1-7-27(10-14)17-5-6-18(26-25-17)28-12-22-11-24-28/h3-6,8,11-12,14H,1-2,7,9-10H2,(H,23,29). The van der Waals surface area contributed by atoms with Crippen molar-refractivity contribution >= 4 is 34.9 Å². The summed E-state index contributed by atoms with van der Waals surface area (Å²) in [5.41, 5.74) is 0.839. The molecule has 1 saturated heterocycles. The molecule has 29 heavy (non-hydrogen) atoms. The normalized spacial score (nSPS) is 16.6. The number of amides is 1. The first kappa shape index (κ1) is 19.6. The Morgan fingerprint density at radius 3 is 2.72 bits per heavy atom. The van der Waals surface area contributed by atoms with Crippen LogP contribution in [-0.4, -0.2) is 44.0 Å². The van der Waals surface area contributed by atoms with Crippen LogP contribution >= 0.6 is 23.2 Å². The Balaban J connectivity index is 1.37. The van der Waals surface area contributed by atoms with Crippen LogP contribution in [-0.2, 0) is 11.3 Å². The number of aromatic nitrogens is 5. The molecule has 1 aliphatic heterocycles. The zero-order chi connectivity index (χ0) is 20.2. The van der Waals surface area contributed by atoms with Crippen LogP contribution < -0.4 is 10.2 Å². The number of carbonyl (C=O) groups is 1. The van der Waals surface area contributed by atoms with Gasteiger partial charge in [0.15, 0.2) is 11.6 Å². The van der Waals surface area contributed by atoms with Gasteiger partial charge in [-0.15, -0.1) is 10.2 Å². The molecular formula is C19H19Cl2N7O.